The minimum atomic E-state index is -0.584. The molecule has 1 unspecified atom stereocenters. The third-order valence-corrected chi connectivity index (χ3v) is 5.71. The standard InChI is InChI=1S/C22H23ClN2O2S/c1-14-4-6-17(7-5-14)22-25-18(13-28-22)10-11-24-21(26)16(3)27-19-8-9-20(23)15(2)12-19/h4-9,12-13,16H,10-11H2,1-3H3,(H,24,26). The minimum Gasteiger partial charge on any atom is -0.481 e. The van der Waals surface area contributed by atoms with Crippen LogP contribution in [0.4, 0.5) is 0 Å². The zero-order valence-corrected chi connectivity index (χ0v) is 17.7. The van der Waals surface area contributed by atoms with E-state index in [2.05, 4.69) is 41.5 Å². The predicted molar refractivity (Wildman–Crippen MR) is 115 cm³/mol. The number of thiazole rings is 1. The van der Waals surface area contributed by atoms with Crippen LogP contribution in [0, 0.1) is 13.8 Å². The van der Waals surface area contributed by atoms with Crippen molar-refractivity contribution in [2.24, 2.45) is 0 Å². The Hall–Kier alpha value is -2.37. The molecule has 0 saturated carbocycles. The van der Waals surface area contributed by atoms with Gasteiger partial charge >= 0.3 is 0 Å². The SMILES string of the molecule is Cc1ccc(-c2nc(CCNC(=O)C(C)Oc3ccc(Cl)c(C)c3)cs2)cc1. The molecule has 0 aliphatic heterocycles. The second kappa shape index (κ2) is 9.22. The topological polar surface area (TPSA) is 51.2 Å². The van der Waals surface area contributed by atoms with Gasteiger partial charge in [-0.2, -0.15) is 0 Å². The molecule has 28 heavy (non-hydrogen) atoms. The van der Waals surface area contributed by atoms with Gasteiger partial charge in [-0.25, -0.2) is 4.98 Å². The first kappa shape index (κ1) is 20.4. The second-order valence-corrected chi connectivity index (χ2v) is 7.99. The molecule has 2 aromatic carbocycles. The lowest BCUT2D eigenvalue weighted by molar-refractivity contribution is -0.127. The highest BCUT2D eigenvalue weighted by molar-refractivity contribution is 7.13. The monoisotopic (exact) mass is 414 g/mol. The number of aromatic nitrogens is 1. The van der Waals surface area contributed by atoms with Gasteiger partial charge in [0.25, 0.3) is 5.91 Å². The van der Waals surface area contributed by atoms with Crippen LogP contribution in [0.25, 0.3) is 10.6 Å². The number of aryl methyl sites for hydroxylation is 2. The van der Waals surface area contributed by atoms with Gasteiger partial charge in [0.1, 0.15) is 10.8 Å². The van der Waals surface area contributed by atoms with Crippen LogP contribution in [0.5, 0.6) is 5.75 Å². The van der Waals surface area contributed by atoms with Gasteiger partial charge in [0, 0.05) is 28.9 Å². The Bertz CT molecular complexity index is 953. The van der Waals surface area contributed by atoms with Crippen LogP contribution >= 0.6 is 22.9 Å². The Morgan fingerprint density at radius 2 is 1.96 bits per heavy atom. The molecule has 0 radical (unpaired) electrons. The predicted octanol–water partition coefficient (Wildman–Crippen LogP) is 5.21. The first-order chi connectivity index (χ1) is 13.4. The lowest BCUT2D eigenvalue weighted by atomic mass is 10.2. The Labute approximate surface area is 174 Å². The average molecular weight is 415 g/mol. The van der Waals surface area contributed by atoms with Crippen molar-refractivity contribution in [1.82, 2.24) is 10.3 Å². The zero-order valence-electron chi connectivity index (χ0n) is 16.2. The Balaban J connectivity index is 1.48. The summed E-state index contributed by atoms with van der Waals surface area (Å²) in [6.07, 6.45) is 0.0973. The number of carbonyl (C=O) groups excluding carboxylic acids is 1. The van der Waals surface area contributed by atoms with Crippen molar-refractivity contribution in [1.29, 1.82) is 0 Å². The number of nitrogens with zero attached hydrogens (tertiary/aromatic N) is 1. The number of hydrogen-bond acceptors (Lipinski definition) is 4. The summed E-state index contributed by atoms with van der Waals surface area (Å²) in [5.41, 5.74) is 4.24. The lowest BCUT2D eigenvalue weighted by Crippen LogP contribution is -2.37. The van der Waals surface area contributed by atoms with Crippen molar-refractivity contribution in [2.45, 2.75) is 33.3 Å². The Morgan fingerprint density at radius 1 is 1.21 bits per heavy atom. The quantitative estimate of drug-likeness (QED) is 0.577. The van der Waals surface area contributed by atoms with Gasteiger partial charge in [0.2, 0.25) is 0 Å². The van der Waals surface area contributed by atoms with Crippen LogP contribution in [0.15, 0.2) is 47.8 Å². The highest BCUT2D eigenvalue weighted by Crippen LogP contribution is 2.24. The number of ether oxygens (including phenoxy) is 1. The van der Waals surface area contributed by atoms with Crippen molar-refractivity contribution < 1.29 is 9.53 Å². The summed E-state index contributed by atoms with van der Waals surface area (Å²) in [6, 6.07) is 13.7. The Morgan fingerprint density at radius 3 is 2.68 bits per heavy atom. The molecule has 0 saturated heterocycles. The van der Waals surface area contributed by atoms with Crippen LogP contribution in [0.2, 0.25) is 5.02 Å². The third-order valence-electron chi connectivity index (χ3n) is 4.34. The van der Waals surface area contributed by atoms with Gasteiger partial charge in [0.05, 0.1) is 5.69 Å². The minimum absolute atomic E-state index is 0.151. The molecule has 3 aromatic rings. The van der Waals surface area contributed by atoms with Crippen molar-refractivity contribution in [3.05, 3.63) is 69.7 Å². The molecule has 1 atom stereocenters. The van der Waals surface area contributed by atoms with Crippen molar-refractivity contribution in [3.8, 4) is 16.3 Å². The smallest absolute Gasteiger partial charge is 0.260 e. The molecule has 0 fully saturated rings. The highest BCUT2D eigenvalue weighted by Gasteiger charge is 2.15. The molecule has 1 aromatic heterocycles. The van der Waals surface area contributed by atoms with Crippen molar-refractivity contribution >= 4 is 28.8 Å². The maximum Gasteiger partial charge on any atom is 0.260 e. The number of nitrogens with one attached hydrogen (secondary N) is 1. The van der Waals surface area contributed by atoms with Gasteiger partial charge < -0.3 is 10.1 Å². The molecular weight excluding hydrogens is 392 g/mol. The number of carbonyl (C=O) groups is 1. The third kappa shape index (κ3) is 5.33. The molecular formula is C22H23ClN2O2S. The number of hydrogen-bond donors (Lipinski definition) is 1. The van der Waals surface area contributed by atoms with Crippen LogP contribution in [0.3, 0.4) is 0 Å². The van der Waals surface area contributed by atoms with Gasteiger partial charge in [0.15, 0.2) is 6.10 Å². The lowest BCUT2D eigenvalue weighted by Gasteiger charge is -2.15. The van der Waals surface area contributed by atoms with Gasteiger partial charge in [-0.15, -0.1) is 11.3 Å². The van der Waals surface area contributed by atoms with E-state index in [-0.39, 0.29) is 5.91 Å². The molecule has 0 spiro atoms. The number of halogens is 1. The van der Waals surface area contributed by atoms with E-state index in [1.54, 1.807) is 30.4 Å². The molecule has 3 rings (SSSR count). The van der Waals surface area contributed by atoms with E-state index in [1.165, 1.54) is 5.56 Å². The summed E-state index contributed by atoms with van der Waals surface area (Å²) in [5.74, 6) is 0.480. The summed E-state index contributed by atoms with van der Waals surface area (Å²) in [7, 11) is 0. The molecule has 1 heterocycles. The van der Waals surface area contributed by atoms with Crippen LogP contribution < -0.4 is 10.1 Å². The van der Waals surface area contributed by atoms with Gasteiger partial charge in [-0.3, -0.25) is 4.79 Å². The van der Waals surface area contributed by atoms with E-state index in [9.17, 15) is 4.79 Å². The van der Waals surface area contributed by atoms with Crippen molar-refractivity contribution in [2.75, 3.05) is 6.54 Å². The molecule has 1 N–H and O–H groups in total. The van der Waals surface area contributed by atoms with Gasteiger partial charge in [-0.05, 0) is 44.5 Å². The molecule has 4 nitrogen and oxygen atoms in total. The number of rotatable bonds is 7. The molecule has 146 valence electrons. The first-order valence-corrected chi connectivity index (χ1v) is 10.4. The number of benzene rings is 2. The van der Waals surface area contributed by atoms with E-state index in [0.717, 1.165) is 21.8 Å². The summed E-state index contributed by atoms with van der Waals surface area (Å²) < 4.78 is 5.70. The maximum atomic E-state index is 12.3. The normalized spacial score (nSPS) is 11.9. The average Bonchev–Trinajstić information content (AvgIpc) is 3.14. The molecule has 0 bridgehead atoms. The second-order valence-electron chi connectivity index (χ2n) is 6.72. The van der Waals surface area contributed by atoms with Gasteiger partial charge in [-0.1, -0.05) is 41.4 Å². The molecule has 0 aliphatic carbocycles. The summed E-state index contributed by atoms with van der Waals surface area (Å²) in [6.45, 7) is 6.22. The Kier molecular flexibility index (Phi) is 6.70. The molecule has 1 amide bonds. The van der Waals surface area contributed by atoms with E-state index >= 15 is 0 Å². The number of amides is 1. The fourth-order valence-corrected chi connectivity index (χ4v) is 3.63. The summed E-state index contributed by atoms with van der Waals surface area (Å²) in [5, 5.41) is 6.62. The summed E-state index contributed by atoms with van der Waals surface area (Å²) >= 11 is 7.63. The molecule has 6 heteroatoms. The van der Waals surface area contributed by atoms with E-state index < -0.39 is 6.10 Å². The van der Waals surface area contributed by atoms with Crippen LogP contribution in [-0.2, 0) is 11.2 Å². The van der Waals surface area contributed by atoms with E-state index in [4.69, 9.17) is 16.3 Å². The van der Waals surface area contributed by atoms with Crippen LogP contribution in [-0.4, -0.2) is 23.5 Å². The highest BCUT2D eigenvalue weighted by atomic mass is 35.5. The fourth-order valence-electron chi connectivity index (χ4n) is 2.66. The fraction of sp³-hybridized carbons (Fsp3) is 0.273. The molecule has 0 aliphatic rings. The zero-order chi connectivity index (χ0) is 20.1. The van der Waals surface area contributed by atoms with Crippen LogP contribution in [0.1, 0.15) is 23.7 Å². The largest absolute Gasteiger partial charge is 0.481 e. The summed E-state index contributed by atoms with van der Waals surface area (Å²) in [4.78, 5) is 16.9. The first-order valence-electron chi connectivity index (χ1n) is 9.14. The maximum absolute atomic E-state index is 12.3. The van der Waals surface area contributed by atoms with E-state index in [0.29, 0.717) is 23.7 Å². The van der Waals surface area contributed by atoms with Crippen molar-refractivity contribution in [3.63, 3.8) is 0 Å². The van der Waals surface area contributed by atoms with E-state index in [1.807, 2.05) is 18.4 Å².